The first-order valence-electron chi connectivity index (χ1n) is 20.7. The lowest BCUT2D eigenvalue weighted by atomic mass is 9.96. The molecule has 0 radical (unpaired) electrons. The molecule has 1 N–H and O–H groups in total. The number of piperidine rings is 1. The Kier molecular flexibility index (Phi) is 14.1. The van der Waals surface area contributed by atoms with Crippen molar-refractivity contribution in [2.45, 2.75) is 90.8 Å². The van der Waals surface area contributed by atoms with E-state index in [0.29, 0.717) is 12.0 Å². The van der Waals surface area contributed by atoms with Crippen molar-refractivity contribution in [2.24, 2.45) is 0 Å². The number of ether oxygens (including phenoxy) is 4. The van der Waals surface area contributed by atoms with E-state index in [4.69, 9.17) is 18.9 Å². The molecule has 56 heavy (non-hydrogen) atoms. The zero-order chi connectivity index (χ0) is 39.6. The van der Waals surface area contributed by atoms with Crippen LogP contribution in [0, 0.1) is 6.92 Å². The van der Waals surface area contributed by atoms with E-state index < -0.39 is 0 Å². The molecule has 4 aromatic carbocycles. The number of rotatable bonds is 15. The molecule has 7 rings (SSSR count). The maximum atomic E-state index is 5.78. The van der Waals surface area contributed by atoms with Crippen LogP contribution < -0.4 is 29.2 Å². The standard InChI is InChI=1S/C47H57N3O4.C2H6/c1-7-9-37-26-38(28-44(51-3)46(37)53-5)36-11-8-10-33(24-36)31-50(40-16-12-32(2)13-17-40)41-19-22-49(23-20-41)30-34-18-21-48-43(25-34)39-27-42(35-14-15-35)47(54-6)45(29-39)52-4;1-2/h8,10-13,16-18,21,24-29,35,41,43,48H,7,9,14-15,19-20,22-23,30-31H2,1-6H3;1-2H3. The van der Waals surface area contributed by atoms with Gasteiger partial charge in [-0.1, -0.05) is 69.2 Å². The highest BCUT2D eigenvalue weighted by molar-refractivity contribution is 5.70. The molecule has 4 aromatic rings. The van der Waals surface area contributed by atoms with Gasteiger partial charge in [0.15, 0.2) is 23.0 Å². The van der Waals surface area contributed by atoms with Crippen molar-refractivity contribution in [1.29, 1.82) is 0 Å². The van der Waals surface area contributed by atoms with E-state index in [2.05, 4.69) is 120 Å². The summed E-state index contributed by atoms with van der Waals surface area (Å²) < 4.78 is 23.1. The van der Waals surface area contributed by atoms with Crippen molar-refractivity contribution in [3.05, 3.63) is 125 Å². The lowest BCUT2D eigenvalue weighted by Gasteiger charge is -2.40. The number of aryl methyl sites for hydroxylation is 2. The Morgan fingerprint density at radius 1 is 0.768 bits per heavy atom. The maximum absolute atomic E-state index is 5.78. The van der Waals surface area contributed by atoms with Gasteiger partial charge in [-0.3, -0.25) is 4.90 Å². The highest BCUT2D eigenvalue weighted by Crippen LogP contribution is 2.49. The van der Waals surface area contributed by atoms with Crippen LogP contribution in [0.2, 0.25) is 0 Å². The summed E-state index contributed by atoms with van der Waals surface area (Å²) in [5.41, 5.74) is 11.3. The van der Waals surface area contributed by atoms with Gasteiger partial charge in [-0.2, -0.15) is 0 Å². The van der Waals surface area contributed by atoms with Gasteiger partial charge in [-0.25, -0.2) is 0 Å². The van der Waals surface area contributed by atoms with E-state index in [1.807, 2.05) is 13.8 Å². The Labute approximate surface area is 336 Å². The molecule has 2 heterocycles. The zero-order valence-corrected chi connectivity index (χ0v) is 35.0. The predicted octanol–water partition coefficient (Wildman–Crippen LogP) is 10.8. The molecule has 1 aliphatic carbocycles. The molecule has 2 aliphatic heterocycles. The smallest absolute Gasteiger partial charge is 0.164 e. The van der Waals surface area contributed by atoms with E-state index in [9.17, 15) is 0 Å². The summed E-state index contributed by atoms with van der Waals surface area (Å²) in [5.74, 6) is 3.89. The number of methoxy groups -OCH3 is 4. The minimum absolute atomic E-state index is 0.102. The molecule has 0 amide bonds. The lowest BCUT2D eigenvalue weighted by molar-refractivity contribution is 0.224. The van der Waals surface area contributed by atoms with Crippen LogP contribution in [0.1, 0.15) is 92.7 Å². The second-order valence-electron chi connectivity index (χ2n) is 15.1. The highest BCUT2D eigenvalue weighted by atomic mass is 16.5. The van der Waals surface area contributed by atoms with Crippen molar-refractivity contribution >= 4 is 5.69 Å². The van der Waals surface area contributed by atoms with E-state index in [0.717, 1.165) is 80.4 Å². The third-order valence-corrected chi connectivity index (χ3v) is 11.3. The molecule has 1 saturated heterocycles. The summed E-state index contributed by atoms with van der Waals surface area (Å²) in [6.07, 6.45) is 13.4. The van der Waals surface area contributed by atoms with Gasteiger partial charge in [0.25, 0.3) is 0 Å². The van der Waals surface area contributed by atoms with E-state index in [1.54, 1.807) is 28.4 Å². The molecule has 2 fully saturated rings. The number of anilines is 1. The number of hydrogen-bond donors (Lipinski definition) is 1. The van der Waals surface area contributed by atoms with Gasteiger partial charge < -0.3 is 29.2 Å². The summed E-state index contributed by atoms with van der Waals surface area (Å²) in [5, 5.41) is 3.59. The van der Waals surface area contributed by atoms with Crippen molar-refractivity contribution in [2.75, 3.05) is 53.0 Å². The highest BCUT2D eigenvalue weighted by Gasteiger charge is 2.31. The fourth-order valence-corrected chi connectivity index (χ4v) is 8.29. The van der Waals surface area contributed by atoms with Crippen LogP contribution in [0.5, 0.6) is 23.0 Å². The third-order valence-electron chi connectivity index (χ3n) is 11.3. The van der Waals surface area contributed by atoms with Gasteiger partial charge in [-0.15, -0.1) is 0 Å². The van der Waals surface area contributed by atoms with Gasteiger partial charge in [-0.05, 0) is 133 Å². The molecule has 7 nitrogen and oxygen atoms in total. The summed E-state index contributed by atoms with van der Waals surface area (Å²) in [6.45, 7) is 12.3. The Morgan fingerprint density at radius 3 is 2.14 bits per heavy atom. The first-order chi connectivity index (χ1) is 27.4. The molecule has 298 valence electrons. The Morgan fingerprint density at radius 2 is 1.48 bits per heavy atom. The van der Waals surface area contributed by atoms with Crippen LogP contribution in [0.15, 0.2) is 96.7 Å². The molecule has 0 bridgehead atoms. The van der Waals surface area contributed by atoms with Crippen LogP contribution in [0.25, 0.3) is 11.1 Å². The normalized spacial score (nSPS) is 16.9. The Hall–Kier alpha value is -4.88. The van der Waals surface area contributed by atoms with Crippen molar-refractivity contribution in [3.8, 4) is 34.1 Å². The minimum atomic E-state index is 0.102. The first-order valence-corrected chi connectivity index (χ1v) is 20.7. The molecule has 0 spiro atoms. The van der Waals surface area contributed by atoms with Crippen LogP contribution >= 0.6 is 0 Å². The van der Waals surface area contributed by atoms with Crippen LogP contribution in [0.3, 0.4) is 0 Å². The largest absolute Gasteiger partial charge is 0.493 e. The Bertz CT molecular complexity index is 1960. The molecule has 3 aliphatic rings. The van der Waals surface area contributed by atoms with E-state index in [1.165, 1.54) is 57.5 Å². The van der Waals surface area contributed by atoms with Gasteiger partial charge in [0.1, 0.15) is 0 Å². The number of hydrogen-bond acceptors (Lipinski definition) is 7. The third kappa shape index (κ3) is 9.55. The fourth-order valence-electron chi connectivity index (χ4n) is 8.29. The van der Waals surface area contributed by atoms with Crippen molar-refractivity contribution in [1.82, 2.24) is 10.2 Å². The first kappa shape index (κ1) is 40.8. The van der Waals surface area contributed by atoms with Crippen molar-refractivity contribution < 1.29 is 18.9 Å². The number of nitrogens with zero attached hydrogens (tertiary/aromatic N) is 2. The molecule has 1 saturated carbocycles. The average molecular weight is 758 g/mol. The van der Waals surface area contributed by atoms with Crippen LogP contribution in [0.4, 0.5) is 5.69 Å². The summed E-state index contributed by atoms with van der Waals surface area (Å²) >= 11 is 0. The number of nitrogens with one attached hydrogen (secondary N) is 1. The minimum Gasteiger partial charge on any atom is -0.493 e. The second-order valence-corrected chi connectivity index (χ2v) is 15.1. The topological polar surface area (TPSA) is 55.4 Å². The molecule has 1 unspecified atom stereocenters. The quantitative estimate of drug-likeness (QED) is 0.130. The van der Waals surface area contributed by atoms with Gasteiger partial charge >= 0.3 is 0 Å². The number of likely N-dealkylation sites (tertiary alicyclic amines) is 1. The van der Waals surface area contributed by atoms with Gasteiger partial charge in [0.2, 0.25) is 0 Å². The molecular weight excluding hydrogens is 695 g/mol. The Balaban J connectivity index is 0.00000262. The summed E-state index contributed by atoms with van der Waals surface area (Å²) in [7, 11) is 6.93. The molecule has 0 aromatic heterocycles. The lowest BCUT2D eigenvalue weighted by Crippen LogP contribution is -2.45. The summed E-state index contributed by atoms with van der Waals surface area (Å²) in [4.78, 5) is 5.26. The van der Waals surface area contributed by atoms with Crippen LogP contribution in [-0.4, -0.2) is 59.0 Å². The molecule has 1 atom stereocenters. The maximum Gasteiger partial charge on any atom is 0.164 e. The van der Waals surface area contributed by atoms with Gasteiger partial charge in [0.05, 0.1) is 34.5 Å². The van der Waals surface area contributed by atoms with Crippen molar-refractivity contribution in [3.63, 3.8) is 0 Å². The fraction of sp³-hybridized carbons (Fsp3) is 0.429. The zero-order valence-electron chi connectivity index (χ0n) is 35.0. The monoisotopic (exact) mass is 757 g/mol. The second kappa shape index (κ2) is 19.3. The number of dihydropyridines is 1. The van der Waals surface area contributed by atoms with E-state index in [-0.39, 0.29) is 6.04 Å². The SMILES string of the molecule is CC.CCCc1cc(-c2cccc(CN(c3ccc(C)cc3)C3CCN(CC4=CC(c5cc(OC)c(OC)c(C6CC6)c5)NC=C4)CC3)c2)cc(OC)c1OC. The number of benzene rings is 4. The average Bonchev–Trinajstić information content (AvgIpc) is 4.10. The van der Waals surface area contributed by atoms with E-state index >= 15 is 0 Å². The predicted molar refractivity (Wildman–Crippen MR) is 232 cm³/mol. The van der Waals surface area contributed by atoms with Crippen LogP contribution in [-0.2, 0) is 13.0 Å². The summed E-state index contributed by atoms with van der Waals surface area (Å²) in [6, 6.07) is 27.5. The molecule has 7 heteroatoms. The van der Waals surface area contributed by atoms with Gasteiger partial charge in [0, 0.05) is 43.5 Å². The molecular formula is C49H63N3O4.